The van der Waals surface area contributed by atoms with Crippen LogP contribution < -0.4 is 20.1 Å². The summed E-state index contributed by atoms with van der Waals surface area (Å²) in [6, 6.07) is 5.19. The standard InChI is InChI=1S/C21H34F2N4O3.HI/c1-5-24-21(26-14-18(15(2)3)27-8-10-29-11-9-27)25-13-16-6-7-17(28-4)12-19(16)30-20(22)23;/h6-7,12,15,18,20H,5,8-11,13-14H2,1-4H3,(H2,24,25,26);1H. The molecule has 0 aliphatic carbocycles. The Kier molecular flexibility index (Phi) is 13.0. The first-order chi connectivity index (χ1) is 14.4. The Morgan fingerprint density at radius 3 is 2.52 bits per heavy atom. The highest BCUT2D eigenvalue weighted by atomic mass is 127. The summed E-state index contributed by atoms with van der Waals surface area (Å²) in [5.41, 5.74) is 0.557. The van der Waals surface area contributed by atoms with Gasteiger partial charge in [0.25, 0.3) is 0 Å². The third-order valence-electron chi connectivity index (χ3n) is 5.01. The summed E-state index contributed by atoms with van der Waals surface area (Å²) in [7, 11) is 1.48. The minimum Gasteiger partial charge on any atom is -0.497 e. The largest absolute Gasteiger partial charge is 0.497 e. The molecule has 0 saturated carbocycles. The van der Waals surface area contributed by atoms with Crippen LogP contribution >= 0.6 is 24.0 Å². The van der Waals surface area contributed by atoms with Gasteiger partial charge in [0.1, 0.15) is 11.5 Å². The van der Waals surface area contributed by atoms with Crippen LogP contribution in [0.3, 0.4) is 0 Å². The second-order valence-corrected chi connectivity index (χ2v) is 7.39. The number of rotatable bonds is 10. The Morgan fingerprint density at radius 1 is 1.23 bits per heavy atom. The zero-order valence-corrected chi connectivity index (χ0v) is 21.0. The maximum atomic E-state index is 12.8. The minimum atomic E-state index is -2.91. The zero-order valence-electron chi connectivity index (χ0n) is 18.7. The average molecular weight is 556 g/mol. The number of morpholine rings is 1. The number of hydrogen-bond acceptors (Lipinski definition) is 5. The molecule has 1 aromatic carbocycles. The summed E-state index contributed by atoms with van der Waals surface area (Å²) < 4.78 is 40.8. The first kappa shape index (κ1) is 27.6. The Labute approximate surface area is 200 Å². The van der Waals surface area contributed by atoms with E-state index >= 15 is 0 Å². The molecule has 31 heavy (non-hydrogen) atoms. The zero-order chi connectivity index (χ0) is 21.9. The Balaban J connectivity index is 0.00000480. The van der Waals surface area contributed by atoms with Crippen LogP contribution in [0.1, 0.15) is 26.3 Å². The van der Waals surface area contributed by atoms with E-state index in [9.17, 15) is 8.78 Å². The number of ether oxygens (including phenoxy) is 3. The average Bonchev–Trinajstić information content (AvgIpc) is 2.72. The van der Waals surface area contributed by atoms with Crippen molar-refractivity contribution in [2.45, 2.75) is 40.0 Å². The molecular formula is C21H35F2IN4O3. The highest BCUT2D eigenvalue weighted by molar-refractivity contribution is 14.0. The van der Waals surface area contributed by atoms with E-state index in [0.717, 1.165) is 32.8 Å². The van der Waals surface area contributed by atoms with Crippen LogP contribution in [0.25, 0.3) is 0 Å². The van der Waals surface area contributed by atoms with Crippen molar-refractivity contribution in [3.05, 3.63) is 23.8 Å². The molecule has 1 aromatic rings. The molecule has 7 nitrogen and oxygen atoms in total. The van der Waals surface area contributed by atoms with Gasteiger partial charge in [-0.15, -0.1) is 24.0 Å². The lowest BCUT2D eigenvalue weighted by Gasteiger charge is -2.37. The highest BCUT2D eigenvalue weighted by Gasteiger charge is 2.24. The summed E-state index contributed by atoms with van der Waals surface area (Å²) in [6.07, 6.45) is 0. The first-order valence-corrected chi connectivity index (χ1v) is 10.4. The van der Waals surface area contributed by atoms with Gasteiger partial charge in [-0.25, -0.2) is 4.99 Å². The number of hydrogen-bond donors (Lipinski definition) is 2. The van der Waals surface area contributed by atoms with Crippen molar-refractivity contribution in [3.8, 4) is 11.5 Å². The molecule has 0 radical (unpaired) electrons. The highest BCUT2D eigenvalue weighted by Crippen LogP contribution is 2.27. The summed E-state index contributed by atoms with van der Waals surface area (Å²) in [5, 5.41) is 6.61. The predicted octanol–water partition coefficient (Wildman–Crippen LogP) is 3.33. The fourth-order valence-corrected chi connectivity index (χ4v) is 3.40. The van der Waals surface area contributed by atoms with Gasteiger partial charge in [-0.2, -0.15) is 8.78 Å². The number of methoxy groups -OCH3 is 1. The van der Waals surface area contributed by atoms with E-state index in [1.807, 2.05) is 6.92 Å². The number of alkyl halides is 2. The molecule has 1 unspecified atom stereocenters. The lowest BCUT2D eigenvalue weighted by molar-refractivity contribution is -0.0505. The van der Waals surface area contributed by atoms with Gasteiger partial charge in [0, 0.05) is 43.9 Å². The third kappa shape index (κ3) is 9.32. The number of guanidine groups is 1. The molecule has 0 bridgehead atoms. The van der Waals surface area contributed by atoms with Gasteiger partial charge in [0.15, 0.2) is 5.96 Å². The molecule has 1 heterocycles. The quantitative estimate of drug-likeness (QED) is 0.262. The van der Waals surface area contributed by atoms with Crippen molar-refractivity contribution in [2.24, 2.45) is 10.9 Å². The summed E-state index contributed by atoms with van der Waals surface area (Å²) in [6.45, 7) is 8.44. The van der Waals surface area contributed by atoms with Crippen LogP contribution in [0, 0.1) is 5.92 Å². The van der Waals surface area contributed by atoms with Gasteiger partial charge in [-0.05, 0) is 25.0 Å². The second kappa shape index (κ2) is 14.6. The molecule has 0 spiro atoms. The van der Waals surface area contributed by atoms with E-state index in [4.69, 9.17) is 9.47 Å². The summed E-state index contributed by atoms with van der Waals surface area (Å²) >= 11 is 0. The summed E-state index contributed by atoms with van der Waals surface area (Å²) in [4.78, 5) is 7.00. The molecule has 178 valence electrons. The van der Waals surface area contributed by atoms with Crippen LogP contribution in [-0.2, 0) is 11.3 Å². The number of nitrogens with one attached hydrogen (secondary N) is 2. The van der Waals surface area contributed by atoms with Gasteiger partial charge < -0.3 is 24.8 Å². The van der Waals surface area contributed by atoms with E-state index in [1.165, 1.54) is 13.2 Å². The molecule has 1 aliphatic rings. The minimum absolute atomic E-state index is 0. The van der Waals surface area contributed by atoms with E-state index in [2.05, 4.69) is 39.1 Å². The SMILES string of the molecule is CCNC(=NCc1ccc(OC)cc1OC(F)F)NCC(C(C)C)N1CCOCC1.I. The molecule has 10 heteroatoms. The Bertz CT molecular complexity index is 674. The molecule has 2 N–H and O–H groups in total. The molecule has 2 rings (SSSR count). The first-order valence-electron chi connectivity index (χ1n) is 10.4. The number of nitrogens with zero attached hydrogens (tertiary/aromatic N) is 2. The van der Waals surface area contributed by atoms with Crippen molar-refractivity contribution in [2.75, 3.05) is 46.5 Å². The maximum absolute atomic E-state index is 12.8. The summed E-state index contributed by atoms with van der Waals surface area (Å²) in [5.74, 6) is 1.62. The van der Waals surface area contributed by atoms with Crippen molar-refractivity contribution in [1.29, 1.82) is 0 Å². The van der Waals surface area contributed by atoms with Crippen LogP contribution in [0.5, 0.6) is 11.5 Å². The fourth-order valence-electron chi connectivity index (χ4n) is 3.40. The van der Waals surface area contributed by atoms with E-state index in [0.29, 0.717) is 35.8 Å². The van der Waals surface area contributed by atoms with E-state index < -0.39 is 6.61 Å². The maximum Gasteiger partial charge on any atom is 0.387 e. The third-order valence-corrected chi connectivity index (χ3v) is 5.01. The molecule has 1 saturated heterocycles. The monoisotopic (exact) mass is 556 g/mol. The van der Waals surface area contributed by atoms with Gasteiger partial charge in [0.2, 0.25) is 0 Å². The predicted molar refractivity (Wildman–Crippen MR) is 129 cm³/mol. The van der Waals surface area contributed by atoms with Crippen LogP contribution in [0.15, 0.2) is 23.2 Å². The topological polar surface area (TPSA) is 67.4 Å². The van der Waals surface area contributed by atoms with Crippen molar-refractivity contribution in [1.82, 2.24) is 15.5 Å². The lowest BCUT2D eigenvalue weighted by atomic mass is 10.0. The van der Waals surface area contributed by atoms with Gasteiger partial charge in [-0.1, -0.05) is 13.8 Å². The van der Waals surface area contributed by atoms with E-state index in [1.54, 1.807) is 12.1 Å². The number of benzene rings is 1. The number of halogens is 3. The van der Waals surface area contributed by atoms with Crippen LogP contribution in [0.4, 0.5) is 8.78 Å². The Morgan fingerprint density at radius 2 is 1.94 bits per heavy atom. The molecular weight excluding hydrogens is 521 g/mol. The smallest absolute Gasteiger partial charge is 0.387 e. The van der Waals surface area contributed by atoms with Crippen LogP contribution in [0.2, 0.25) is 0 Å². The lowest BCUT2D eigenvalue weighted by Crippen LogP contribution is -2.52. The molecule has 0 amide bonds. The molecule has 1 fully saturated rings. The second-order valence-electron chi connectivity index (χ2n) is 7.39. The van der Waals surface area contributed by atoms with Crippen molar-refractivity contribution >= 4 is 29.9 Å². The van der Waals surface area contributed by atoms with Gasteiger partial charge >= 0.3 is 6.61 Å². The van der Waals surface area contributed by atoms with Gasteiger partial charge in [0.05, 0.1) is 26.9 Å². The number of aliphatic imine (C=N–C) groups is 1. The van der Waals surface area contributed by atoms with Gasteiger partial charge in [-0.3, -0.25) is 4.90 Å². The van der Waals surface area contributed by atoms with Crippen molar-refractivity contribution in [3.63, 3.8) is 0 Å². The Hall–Kier alpha value is -1.40. The molecule has 1 aliphatic heterocycles. The fraction of sp³-hybridized carbons (Fsp3) is 0.667. The normalized spacial score (nSPS) is 16.1. The molecule has 0 aromatic heterocycles. The molecule has 1 atom stereocenters. The van der Waals surface area contributed by atoms with E-state index in [-0.39, 0.29) is 36.3 Å². The van der Waals surface area contributed by atoms with Crippen LogP contribution in [-0.4, -0.2) is 70.0 Å². The van der Waals surface area contributed by atoms with Crippen molar-refractivity contribution < 1.29 is 23.0 Å².